The molecule has 2 heterocycles. The van der Waals surface area contributed by atoms with Crippen molar-refractivity contribution >= 4 is 29.3 Å². The van der Waals surface area contributed by atoms with Gasteiger partial charge < -0.3 is 34.0 Å². The summed E-state index contributed by atoms with van der Waals surface area (Å²) < 4.78 is 58.6. The first-order valence-electron chi connectivity index (χ1n) is 17.1. The van der Waals surface area contributed by atoms with E-state index < -0.39 is 41.2 Å². The summed E-state index contributed by atoms with van der Waals surface area (Å²) in [6.07, 6.45) is -2.43. The van der Waals surface area contributed by atoms with E-state index in [1.165, 1.54) is 36.3 Å². The Morgan fingerprint density at radius 1 is 1.04 bits per heavy atom. The number of ether oxygens (including phenoxy) is 3. The number of piperidine rings is 1. The number of methoxy groups -OCH3 is 1. The first-order chi connectivity index (χ1) is 24.2. The van der Waals surface area contributed by atoms with Crippen LogP contribution in [0.15, 0.2) is 60.7 Å². The van der Waals surface area contributed by atoms with Crippen LogP contribution in [0.3, 0.4) is 0 Å². The van der Waals surface area contributed by atoms with Crippen molar-refractivity contribution in [1.82, 2.24) is 4.90 Å². The second-order valence-corrected chi connectivity index (χ2v) is 14.2. The molecule has 3 aromatic carbocycles. The fourth-order valence-electron chi connectivity index (χ4n) is 6.75. The predicted octanol–water partition coefficient (Wildman–Crippen LogP) is 7.09. The first-order valence-corrected chi connectivity index (χ1v) is 17.1. The van der Waals surface area contributed by atoms with Crippen LogP contribution in [0, 0.1) is 11.7 Å². The molecule has 10 nitrogen and oxygen atoms in total. The lowest BCUT2D eigenvalue weighted by Gasteiger charge is -2.41. The molecule has 0 unspecified atom stereocenters. The number of carbonyl (C=O) groups excluding carboxylic acids is 3. The number of carbonyl (C=O) groups is 3. The van der Waals surface area contributed by atoms with E-state index in [4.69, 9.17) is 14.2 Å². The molecule has 13 heteroatoms. The van der Waals surface area contributed by atoms with E-state index in [-0.39, 0.29) is 49.0 Å². The molecule has 0 spiro atoms. The van der Waals surface area contributed by atoms with E-state index in [2.05, 4.69) is 0 Å². The molecule has 1 saturated carbocycles. The van der Waals surface area contributed by atoms with Crippen LogP contribution in [0.4, 0.5) is 29.3 Å². The van der Waals surface area contributed by atoms with Gasteiger partial charge in [-0.05, 0) is 99.4 Å². The molecule has 1 N–H and O–H groups in total. The van der Waals surface area contributed by atoms with Crippen LogP contribution in [0.25, 0.3) is 11.1 Å². The van der Waals surface area contributed by atoms with Gasteiger partial charge >= 0.3 is 18.1 Å². The topological polar surface area (TPSA) is 109 Å². The largest absolute Gasteiger partial charge is 0.505 e. The van der Waals surface area contributed by atoms with Crippen molar-refractivity contribution < 1.29 is 46.9 Å². The zero-order chi connectivity index (χ0) is 36.7. The van der Waals surface area contributed by atoms with Crippen LogP contribution in [-0.2, 0) is 19.1 Å². The number of benzene rings is 3. The lowest BCUT2D eigenvalue weighted by Crippen LogP contribution is -2.52. The molecule has 1 aliphatic carbocycles. The summed E-state index contributed by atoms with van der Waals surface area (Å²) in [6, 6.07) is 15.8. The maximum absolute atomic E-state index is 14.9. The number of phenols is 1. The molecule has 51 heavy (non-hydrogen) atoms. The molecule has 2 aliphatic heterocycles. The molecule has 3 aromatic rings. The van der Waals surface area contributed by atoms with Crippen LogP contribution in [-0.4, -0.2) is 79.0 Å². The lowest BCUT2D eigenvalue weighted by atomic mass is 9.78. The number of anilines is 2. The average molecular weight is 710 g/mol. The monoisotopic (exact) mass is 709 g/mol. The highest BCUT2D eigenvalue weighted by molar-refractivity contribution is 6.03. The number of halogens is 3. The smallest absolute Gasteiger partial charge is 0.482 e. The zero-order valence-electron chi connectivity index (χ0n) is 29.0. The molecule has 2 fully saturated rings. The molecule has 0 bridgehead atoms. The van der Waals surface area contributed by atoms with Crippen molar-refractivity contribution in [2.45, 2.75) is 70.1 Å². The van der Waals surface area contributed by atoms with E-state index in [0.717, 1.165) is 10.5 Å². The Bertz CT molecular complexity index is 1810. The molecule has 3 amide bonds. The van der Waals surface area contributed by atoms with Crippen LogP contribution >= 0.6 is 0 Å². The number of hydrogen-bond donors (Lipinski definition) is 1. The minimum absolute atomic E-state index is 0.0445. The summed E-state index contributed by atoms with van der Waals surface area (Å²) in [5.41, 5.74) is 1.93. The van der Waals surface area contributed by atoms with Crippen molar-refractivity contribution in [3.63, 3.8) is 0 Å². The summed E-state index contributed by atoms with van der Waals surface area (Å²) in [5, 5.41) is 10.0. The number of amides is 3. The van der Waals surface area contributed by atoms with E-state index in [1.807, 2.05) is 24.3 Å². The highest BCUT2D eigenvalue weighted by Crippen LogP contribution is 2.45. The molecule has 3 aliphatic rings. The van der Waals surface area contributed by atoms with Crippen molar-refractivity contribution in [3.05, 3.63) is 72.0 Å². The minimum Gasteiger partial charge on any atom is -0.505 e. The second kappa shape index (κ2) is 14.1. The Morgan fingerprint density at radius 2 is 1.78 bits per heavy atom. The fourth-order valence-corrected chi connectivity index (χ4v) is 6.75. The van der Waals surface area contributed by atoms with E-state index in [0.29, 0.717) is 49.0 Å². The van der Waals surface area contributed by atoms with Crippen LogP contribution in [0.2, 0.25) is 0 Å². The molecule has 6 rings (SSSR count). The molecular weight excluding hydrogens is 667 g/mol. The fraction of sp³-hybridized carbons (Fsp3) is 0.447. The minimum atomic E-state index is -4.05. The van der Waals surface area contributed by atoms with Gasteiger partial charge in [-0.2, -0.15) is 8.78 Å². The maximum Gasteiger partial charge on any atom is 0.482 e. The highest BCUT2D eigenvalue weighted by Gasteiger charge is 2.51. The number of phenolic OH excluding ortho intramolecular Hbond substituents is 1. The molecule has 0 aromatic heterocycles. The van der Waals surface area contributed by atoms with Gasteiger partial charge in [-0.15, -0.1) is 0 Å². The maximum atomic E-state index is 14.9. The molecule has 272 valence electrons. The van der Waals surface area contributed by atoms with E-state index >= 15 is 0 Å². The Labute approximate surface area is 294 Å². The van der Waals surface area contributed by atoms with E-state index in [1.54, 1.807) is 37.8 Å². The molecule has 0 radical (unpaired) electrons. The van der Waals surface area contributed by atoms with Crippen molar-refractivity contribution in [2.24, 2.45) is 5.92 Å². The lowest BCUT2D eigenvalue weighted by molar-refractivity contribution is -0.192. The Kier molecular flexibility index (Phi) is 9.95. The summed E-state index contributed by atoms with van der Waals surface area (Å²) in [5.74, 6) is -4.24. The Morgan fingerprint density at radius 3 is 2.47 bits per heavy atom. The third-order valence-electron chi connectivity index (χ3n) is 9.30. The summed E-state index contributed by atoms with van der Waals surface area (Å²) in [6.45, 7) is 5.91. The number of alkyl halides is 2. The van der Waals surface area contributed by atoms with Crippen LogP contribution in [0.1, 0.15) is 57.9 Å². The molecule has 1 saturated heterocycles. The van der Waals surface area contributed by atoms with Crippen molar-refractivity contribution in [3.8, 4) is 22.6 Å². The van der Waals surface area contributed by atoms with Crippen LogP contribution < -0.4 is 14.5 Å². The number of fused-ring (bicyclic) bond motifs is 1. The summed E-state index contributed by atoms with van der Waals surface area (Å²) in [7, 11) is 1.48. The van der Waals surface area contributed by atoms with Gasteiger partial charge in [-0.3, -0.25) is 9.59 Å². The standard InChI is InChI=1S/C38H42F3N3O7/c1-37(2,3)51-36(48)42-17-15-28(25-8-5-7-23(19-25)24-9-13-30(39)32(45)20-24)29(22-42)34(46)44(26-10-11-26)27-12-14-33-31(21-27)43(16-6-18-49-4)35(47)38(40,41)50-33/h5,7-9,12-14,19-21,26,28-29,45H,6,10-11,15-18,22H2,1-4H3/t28-,29+/m1/s1. The quantitative estimate of drug-likeness (QED) is 0.237. The SMILES string of the molecule is COCCCN1C(=O)C(F)(F)Oc2ccc(N(C(=O)[C@H]3CN(C(=O)OC(C)(C)C)CC[C@@H]3c3cccc(-c4ccc(F)c(O)c4)c3)C3CC3)cc21. The van der Waals surface area contributed by atoms with Gasteiger partial charge in [0.05, 0.1) is 11.6 Å². The van der Waals surface area contributed by atoms with Crippen molar-refractivity contribution in [1.29, 1.82) is 0 Å². The van der Waals surface area contributed by atoms with Gasteiger partial charge in [0.1, 0.15) is 5.60 Å². The van der Waals surface area contributed by atoms with Crippen LogP contribution in [0.5, 0.6) is 11.5 Å². The number of hydrogen-bond acceptors (Lipinski definition) is 7. The Hall–Kier alpha value is -4.78. The normalized spacial score (nSPS) is 20.0. The third kappa shape index (κ3) is 7.78. The van der Waals surface area contributed by atoms with Gasteiger partial charge in [-0.1, -0.05) is 30.3 Å². The van der Waals surface area contributed by atoms with Gasteiger partial charge in [0.25, 0.3) is 0 Å². The van der Waals surface area contributed by atoms with Gasteiger partial charge in [0, 0.05) is 45.1 Å². The van der Waals surface area contributed by atoms with Gasteiger partial charge in [0.2, 0.25) is 5.91 Å². The second-order valence-electron chi connectivity index (χ2n) is 14.2. The average Bonchev–Trinajstić information content (AvgIpc) is 3.92. The third-order valence-corrected chi connectivity index (χ3v) is 9.30. The highest BCUT2D eigenvalue weighted by atomic mass is 19.3. The summed E-state index contributed by atoms with van der Waals surface area (Å²) in [4.78, 5) is 45.2. The number of aromatic hydroxyl groups is 1. The zero-order valence-corrected chi connectivity index (χ0v) is 29.0. The number of rotatable bonds is 9. The molecule has 2 atom stereocenters. The van der Waals surface area contributed by atoms with Gasteiger partial charge in [-0.25, -0.2) is 9.18 Å². The van der Waals surface area contributed by atoms with Gasteiger partial charge in [0.15, 0.2) is 17.3 Å². The molecular formula is C38H42F3N3O7. The summed E-state index contributed by atoms with van der Waals surface area (Å²) >= 11 is 0. The predicted molar refractivity (Wildman–Crippen MR) is 184 cm³/mol. The first kappa shape index (κ1) is 36.0. The number of nitrogens with zero attached hydrogens (tertiary/aromatic N) is 3. The van der Waals surface area contributed by atoms with Crippen molar-refractivity contribution in [2.75, 3.05) is 43.2 Å². The number of likely N-dealkylation sites (tertiary alicyclic amines) is 1. The van der Waals surface area contributed by atoms with E-state index in [9.17, 15) is 32.7 Å². The Balaban J connectivity index is 1.37.